The van der Waals surface area contributed by atoms with Crippen molar-refractivity contribution in [1.29, 1.82) is 0 Å². The lowest BCUT2D eigenvalue weighted by atomic mass is 9.74. The van der Waals surface area contributed by atoms with E-state index in [-0.39, 0.29) is 45.0 Å². The second-order valence-electron chi connectivity index (χ2n) is 11.0. The van der Waals surface area contributed by atoms with Crippen LogP contribution in [0.5, 0.6) is 11.5 Å². The number of nitrogens with one attached hydrogen (secondary N) is 5. The number of piperidine rings is 1. The van der Waals surface area contributed by atoms with Crippen molar-refractivity contribution in [1.82, 2.24) is 20.6 Å². The Hall–Kier alpha value is -4.10. The first-order chi connectivity index (χ1) is 21.7. The summed E-state index contributed by atoms with van der Waals surface area (Å²) in [7, 11) is 4.42. The van der Waals surface area contributed by atoms with Crippen LogP contribution in [0.4, 0.5) is 33.5 Å². The number of rotatable bonds is 9. The van der Waals surface area contributed by atoms with Gasteiger partial charge in [0.15, 0.2) is 0 Å². The van der Waals surface area contributed by atoms with Gasteiger partial charge in [0.2, 0.25) is 5.91 Å². The smallest absolute Gasteiger partial charge is 0.327 e. The van der Waals surface area contributed by atoms with Crippen LogP contribution in [-0.4, -0.2) is 62.8 Å². The summed E-state index contributed by atoms with van der Waals surface area (Å²) in [6.45, 7) is 6.61. The van der Waals surface area contributed by atoms with E-state index in [2.05, 4.69) is 43.1 Å². The van der Waals surface area contributed by atoms with E-state index in [1.807, 2.05) is 18.2 Å². The van der Waals surface area contributed by atoms with Crippen molar-refractivity contribution >= 4 is 63.8 Å². The van der Waals surface area contributed by atoms with Gasteiger partial charge < -0.3 is 36.1 Å². The molecular formula is C31H36Cl2N8O4. The number of amides is 3. The molecule has 0 saturated carbocycles. The predicted molar refractivity (Wildman–Crippen MR) is 177 cm³/mol. The molecule has 14 heteroatoms. The third-order valence-corrected chi connectivity index (χ3v) is 9.02. The molecule has 3 aromatic rings. The number of anilines is 5. The Morgan fingerprint density at radius 2 is 1.78 bits per heavy atom. The fourth-order valence-electron chi connectivity index (χ4n) is 5.74. The van der Waals surface area contributed by atoms with Gasteiger partial charge in [-0.2, -0.15) is 0 Å². The molecule has 1 aromatic heterocycles. The van der Waals surface area contributed by atoms with Crippen LogP contribution in [0, 0.1) is 5.41 Å². The number of carbonyl (C=O) groups excluding carboxylic acids is 2. The van der Waals surface area contributed by atoms with E-state index in [1.54, 1.807) is 6.07 Å². The number of carbonyl (C=O) groups is 2. The van der Waals surface area contributed by atoms with E-state index < -0.39 is 6.03 Å². The molecule has 2 saturated heterocycles. The summed E-state index contributed by atoms with van der Waals surface area (Å²) in [5.41, 5.74) is 2.69. The Morgan fingerprint density at radius 1 is 1.04 bits per heavy atom. The molecule has 2 aliphatic heterocycles. The van der Waals surface area contributed by atoms with Gasteiger partial charge in [0.25, 0.3) is 0 Å². The zero-order valence-corrected chi connectivity index (χ0v) is 26.8. The van der Waals surface area contributed by atoms with E-state index in [9.17, 15) is 9.59 Å². The minimum absolute atomic E-state index is 0.117. The molecule has 5 rings (SSSR count). The number of benzene rings is 2. The molecule has 45 heavy (non-hydrogen) atoms. The molecule has 2 aliphatic rings. The highest BCUT2D eigenvalue weighted by Crippen LogP contribution is 2.45. The summed E-state index contributed by atoms with van der Waals surface area (Å²) < 4.78 is 10.6. The second-order valence-corrected chi connectivity index (χ2v) is 11.8. The lowest BCUT2D eigenvalue weighted by Crippen LogP contribution is -2.40. The molecule has 2 unspecified atom stereocenters. The number of nitrogens with zero attached hydrogens (tertiary/aromatic N) is 3. The highest BCUT2D eigenvalue weighted by atomic mass is 35.5. The molecular weight excluding hydrogens is 619 g/mol. The first kappa shape index (κ1) is 32.3. The highest BCUT2D eigenvalue weighted by molar-refractivity contribution is 6.41. The first-order valence-corrected chi connectivity index (χ1v) is 15.2. The Kier molecular flexibility index (Phi) is 9.98. The zero-order chi connectivity index (χ0) is 32.1. The molecule has 0 aliphatic carbocycles. The maximum absolute atomic E-state index is 13.2. The average molecular weight is 656 g/mol. The van der Waals surface area contributed by atoms with Crippen LogP contribution in [0.25, 0.3) is 0 Å². The Balaban J connectivity index is 1.36. The summed E-state index contributed by atoms with van der Waals surface area (Å²) in [4.78, 5) is 35.5. The van der Waals surface area contributed by atoms with Crippen LogP contribution in [0.1, 0.15) is 30.9 Å². The van der Waals surface area contributed by atoms with Crippen LogP contribution >= 0.6 is 23.2 Å². The summed E-state index contributed by atoms with van der Waals surface area (Å²) in [6.07, 6.45) is 5.88. The van der Waals surface area contributed by atoms with E-state index >= 15 is 0 Å². The minimum Gasteiger partial charge on any atom is -0.495 e. The van der Waals surface area contributed by atoms with Gasteiger partial charge in [-0.25, -0.2) is 14.8 Å². The summed E-state index contributed by atoms with van der Waals surface area (Å²) in [5, 5.41) is 16.3. The van der Waals surface area contributed by atoms with Crippen molar-refractivity contribution in [2.75, 3.05) is 61.8 Å². The van der Waals surface area contributed by atoms with Crippen molar-refractivity contribution in [2.45, 2.75) is 25.3 Å². The zero-order valence-electron chi connectivity index (χ0n) is 25.3. The van der Waals surface area contributed by atoms with E-state index in [1.165, 1.54) is 51.1 Å². The molecule has 1 spiro atoms. The van der Waals surface area contributed by atoms with E-state index in [4.69, 9.17) is 32.7 Å². The standard InChI is InChI=1S/C31H36Cl2N8O4/c1-5-26(42)39-20-12-18(21-15-31(9-11-35-21)8-10-34-16-31)6-7-19(20)38-24-14-25(37-17-36-24)41(2)30(43)40-29-27(32)22(44-3)13-23(45-4)28(29)33/h5-7,12-14,17,21,34-35H,1,8-11,15-16H2,2-4H3,(H,39,42)(H,40,43)(H,36,37,38). The quantitative estimate of drug-likeness (QED) is 0.183. The number of aromatic nitrogens is 2. The molecule has 2 aromatic carbocycles. The van der Waals surface area contributed by atoms with Crippen LogP contribution in [0.2, 0.25) is 10.0 Å². The summed E-state index contributed by atoms with van der Waals surface area (Å²) in [6, 6.07) is 8.64. The van der Waals surface area contributed by atoms with Gasteiger partial charge in [0, 0.05) is 31.8 Å². The van der Waals surface area contributed by atoms with Gasteiger partial charge in [-0.1, -0.05) is 35.8 Å². The number of halogens is 2. The monoisotopic (exact) mass is 654 g/mol. The first-order valence-electron chi connectivity index (χ1n) is 14.4. The minimum atomic E-state index is -0.572. The molecule has 3 heterocycles. The van der Waals surface area contributed by atoms with Crippen LogP contribution in [0.3, 0.4) is 0 Å². The van der Waals surface area contributed by atoms with Crippen molar-refractivity contribution in [2.24, 2.45) is 5.41 Å². The lowest BCUT2D eigenvalue weighted by molar-refractivity contribution is -0.111. The molecule has 3 amide bonds. The van der Waals surface area contributed by atoms with Gasteiger partial charge in [-0.15, -0.1) is 0 Å². The average Bonchev–Trinajstić information content (AvgIpc) is 3.50. The number of methoxy groups -OCH3 is 2. The predicted octanol–water partition coefficient (Wildman–Crippen LogP) is 5.74. The number of hydrogen-bond acceptors (Lipinski definition) is 9. The topological polar surface area (TPSA) is 142 Å². The van der Waals surface area contributed by atoms with Crippen LogP contribution in [-0.2, 0) is 4.79 Å². The normalized spacial score (nSPS) is 19.1. The van der Waals surface area contributed by atoms with Crippen molar-refractivity contribution in [3.05, 3.63) is 64.9 Å². The maximum Gasteiger partial charge on any atom is 0.327 e. The summed E-state index contributed by atoms with van der Waals surface area (Å²) in [5.74, 6) is 0.900. The number of urea groups is 1. The number of hydrogen-bond donors (Lipinski definition) is 5. The van der Waals surface area contributed by atoms with Crippen molar-refractivity contribution in [3.8, 4) is 11.5 Å². The SMILES string of the molecule is C=CC(=O)Nc1cc(C2CC3(CCNC3)CCN2)ccc1Nc1cc(N(C)C(=O)Nc2c(Cl)c(OC)cc(OC)c2Cl)ncn1. The molecule has 0 bridgehead atoms. The fraction of sp³-hybridized carbons (Fsp3) is 0.355. The molecule has 2 fully saturated rings. The number of ether oxygens (including phenoxy) is 2. The maximum atomic E-state index is 13.2. The van der Waals surface area contributed by atoms with Crippen molar-refractivity contribution in [3.63, 3.8) is 0 Å². The highest BCUT2D eigenvalue weighted by Gasteiger charge is 2.39. The van der Waals surface area contributed by atoms with Gasteiger partial charge >= 0.3 is 6.03 Å². The lowest BCUT2D eigenvalue weighted by Gasteiger charge is -2.38. The third-order valence-electron chi connectivity index (χ3n) is 8.27. The molecule has 5 N–H and O–H groups in total. The molecule has 12 nitrogen and oxygen atoms in total. The summed E-state index contributed by atoms with van der Waals surface area (Å²) >= 11 is 12.9. The van der Waals surface area contributed by atoms with E-state index in [0.717, 1.165) is 38.0 Å². The van der Waals surface area contributed by atoms with Gasteiger partial charge in [-0.3, -0.25) is 9.69 Å². The van der Waals surface area contributed by atoms with Gasteiger partial charge in [0.05, 0.1) is 31.3 Å². The molecule has 238 valence electrons. The van der Waals surface area contributed by atoms with Gasteiger partial charge in [-0.05, 0) is 61.5 Å². The second kappa shape index (κ2) is 13.9. The largest absolute Gasteiger partial charge is 0.495 e. The Bertz CT molecular complexity index is 1570. The fourth-order valence-corrected chi connectivity index (χ4v) is 6.33. The van der Waals surface area contributed by atoms with Gasteiger partial charge in [0.1, 0.15) is 39.5 Å². The van der Waals surface area contributed by atoms with E-state index in [0.29, 0.717) is 22.6 Å². The third kappa shape index (κ3) is 7.09. The molecule has 0 radical (unpaired) electrons. The van der Waals surface area contributed by atoms with Crippen LogP contribution in [0.15, 0.2) is 49.3 Å². The van der Waals surface area contributed by atoms with Crippen LogP contribution < -0.4 is 41.0 Å². The molecule has 2 atom stereocenters. The Morgan fingerprint density at radius 3 is 2.44 bits per heavy atom. The van der Waals surface area contributed by atoms with Crippen molar-refractivity contribution < 1.29 is 19.1 Å². The Labute approximate surface area is 271 Å².